The van der Waals surface area contributed by atoms with Gasteiger partial charge in [-0.25, -0.2) is 0 Å². The first-order chi connectivity index (χ1) is 37.3. The molecule has 484 valence electrons. The lowest BCUT2D eigenvalue weighted by atomic mass is 9.89. The van der Waals surface area contributed by atoms with Gasteiger partial charge in [-0.05, 0) is 55.3 Å². The average molecular weight is 1170 g/mol. The summed E-state index contributed by atoms with van der Waals surface area (Å²) in [5, 5.41) is 71.6. The van der Waals surface area contributed by atoms with Gasteiger partial charge in [0, 0.05) is 0 Å². The van der Waals surface area contributed by atoms with Gasteiger partial charge < -0.3 is 87.9 Å². The van der Waals surface area contributed by atoms with Gasteiger partial charge in [0.25, 0.3) is 0 Å². The highest BCUT2D eigenvalue weighted by Crippen LogP contribution is 2.25. The molecule has 0 saturated heterocycles. The van der Waals surface area contributed by atoms with Crippen molar-refractivity contribution in [3.8, 4) is 0 Å². The lowest BCUT2D eigenvalue weighted by molar-refractivity contribution is -0.135. The van der Waals surface area contributed by atoms with Crippen LogP contribution in [0.4, 0.5) is 0 Å². The number of rotatable bonds is 47. The maximum Gasteiger partial charge on any atom is 0.104 e. The van der Waals surface area contributed by atoms with Crippen molar-refractivity contribution in [2.24, 2.45) is 16.7 Å². The number of hydrogen-bond acceptors (Lipinski definition) is 18. The number of ether oxygens (including phenoxy) is 11. The molecule has 0 rings (SSSR count). The summed E-state index contributed by atoms with van der Waals surface area (Å²) in [6, 6.07) is 0. The summed E-state index contributed by atoms with van der Waals surface area (Å²) in [5.74, 6) is -0.440. The second-order valence-electron chi connectivity index (χ2n) is 22.7. The Bertz CT molecular complexity index is 1180. The second kappa shape index (κ2) is 59.4. The van der Waals surface area contributed by atoms with Crippen LogP contribution in [0.5, 0.6) is 0 Å². The van der Waals surface area contributed by atoms with Gasteiger partial charge >= 0.3 is 0 Å². The largest absolute Gasteiger partial charge is 0.391 e. The van der Waals surface area contributed by atoms with E-state index in [0.29, 0.717) is 44.4 Å². The van der Waals surface area contributed by atoms with Crippen LogP contribution in [0.2, 0.25) is 0 Å². The van der Waals surface area contributed by atoms with Gasteiger partial charge in [0.05, 0.1) is 155 Å². The highest BCUT2D eigenvalue weighted by atomic mass is 31.0. The third-order valence-electron chi connectivity index (χ3n) is 10.3. The second-order valence-corrected chi connectivity index (χ2v) is 23.4. The predicted octanol–water partition coefficient (Wildman–Crippen LogP) is 8.79. The van der Waals surface area contributed by atoms with Crippen LogP contribution in [-0.4, -0.2) is 221 Å². The van der Waals surface area contributed by atoms with E-state index in [9.17, 15) is 35.7 Å². The molecular weight excluding hydrogens is 1040 g/mol. The Labute approximate surface area is 486 Å². The van der Waals surface area contributed by atoms with Gasteiger partial charge in [0.15, 0.2) is 0 Å². The van der Waals surface area contributed by atoms with Gasteiger partial charge in [0.2, 0.25) is 0 Å². The van der Waals surface area contributed by atoms with Crippen molar-refractivity contribution in [1.29, 1.82) is 0 Å². The predicted molar refractivity (Wildman–Crippen MR) is 323 cm³/mol. The molecule has 79 heavy (non-hydrogen) atoms. The Hall–Kier alpha value is -0.290. The Morgan fingerprint density at radius 2 is 0.608 bits per heavy atom. The van der Waals surface area contributed by atoms with Gasteiger partial charge in [-0.2, -0.15) is 0 Å². The highest BCUT2D eigenvalue weighted by Gasteiger charge is 2.26. The molecule has 13 unspecified atom stereocenters. The van der Waals surface area contributed by atoms with Crippen LogP contribution in [0.1, 0.15) is 189 Å². The molecule has 7 N–H and O–H groups in total. The zero-order valence-electron chi connectivity index (χ0n) is 54.1. The minimum Gasteiger partial charge on any atom is -0.391 e. The Morgan fingerprint density at radius 1 is 0.342 bits per heavy atom. The third-order valence-corrected chi connectivity index (χ3v) is 10.5. The molecule has 0 spiro atoms. The van der Waals surface area contributed by atoms with E-state index in [4.69, 9.17) is 52.1 Å². The molecule has 0 saturated carbocycles. The maximum absolute atomic E-state index is 10.9. The average Bonchev–Trinajstić information content (AvgIpc) is 3.37. The third kappa shape index (κ3) is 66.7. The van der Waals surface area contributed by atoms with Crippen LogP contribution >= 0.6 is 9.24 Å². The fourth-order valence-electron chi connectivity index (χ4n) is 6.72. The van der Waals surface area contributed by atoms with E-state index in [2.05, 4.69) is 78.5 Å². The fraction of sp³-hybridized carbons (Fsp3) is 1.00. The molecule has 0 aromatic heterocycles. The fourth-order valence-corrected chi connectivity index (χ4v) is 6.85. The van der Waals surface area contributed by atoms with Crippen molar-refractivity contribution in [2.75, 3.05) is 112 Å². The van der Waals surface area contributed by atoms with Crippen LogP contribution in [0.25, 0.3) is 0 Å². The standard InChI is InChI=1S/C50H103O18P.2C3H8.2C2H6/c1-12-15-39(53)24-64-44(18-50(9,10)11)34-68-47(32-62-30-45(66-23-38(52)14-3)28-59-20-40(54)16-36(4)5)31-61-27-43(17-49(6,7)8)65-25-42(56)22-60-29-46(33-63-35-48(57)69)67-26-41(55)21-58-19-37(51)13-2;2*1-3-2;2*1-2/h36-48,51-57H,12-35,69H2,1-11H3;2*3H2,1-2H3;2*1-2H3. The smallest absolute Gasteiger partial charge is 0.104 e. The molecule has 0 aliphatic rings. The van der Waals surface area contributed by atoms with E-state index < -0.39 is 66.9 Å². The minimum atomic E-state index is -0.983. The van der Waals surface area contributed by atoms with E-state index in [1.807, 2.05) is 62.3 Å². The molecule has 0 aromatic carbocycles. The molecular formula is C60H131O18P. The normalized spacial score (nSPS) is 16.4. The van der Waals surface area contributed by atoms with Gasteiger partial charge in [-0.1, -0.05) is 151 Å². The molecule has 0 radical (unpaired) electrons. The Kier molecular flexibility index (Phi) is 65.8. The van der Waals surface area contributed by atoms with Crippen molar-refractivity contribution in [3.05, 3.63) is 0 Å². The lowest BCUT2D eigenvalue weighted by Gasteiger charge is -2.30. The molecule has 0 aliphatic carbocycles. The van der Waals surface area contributed by atoms with Crippen molar-refractivity contribution < 1.29 is 87.9 Å². The first-order valence-electron chi connectivity index (χ1n) is 30.3. The molecule has 0 fully saturated rings. The van der Waals surface area contributed by atoms with E-state index >= 15 is 0 Å². The minimum absolute atomic E-state index is 0.0200. The van der Waals surface area contributed by atoms with Crippen molar-refractivity contribution in [2.45, 2.75) is 262 Å². The van der Waals surface area contributed by atoms with Crippen LogP contribution in [-0.2, 0) is 52.1 Å². The molecule has 0 aromatic rings. The molecule has 0 amide bonds. The summed E-state index contributed by atoms with van der Waals surface area (Å²) in [4.78, 5) is 0. The topological polar surface area (TPSA) is 243 Å². The SMILES string of the molecule is CC.CC.CCC.CCC.CCCC(O)COC(COC(COCC(COCC(O)CC(C)C)OCC(O)CC)COCC(CC(C)(C)C)OCC(O)COCC(COCC(O)P)OCC(O)COCC(O)CC)CC(C)(C)C. The summed E-state index contributed by atoms with van der Waals surface area (Å²) in [5.41, 5.74) is -0.209. The molecule has 18 nitrogen and oxygen atoms in total. The molecule has 0 aliphatic heterocycles. The molecule has 13 atom stereocenters. The summed E-state index contributed by atoms with van der Waals surface area (Å²) in [6.07, 6.45) is 0.261. The van der Waals surface area contributed by atoms with Gasteiger partial charge in [0.1, 0.15) is 30.5 Å². The number of aliphatic hydroxyl groups excluding tert-OH is 7. The monoisotopic (exact) mass is 1170 g/mol. The highest BCUT2D eigenvalue weighted by molar-refractivity contribution is 7.17. The van der Waals surface area contributed by atoms with Crippen LogP contribution in [0.15, 0.2) is 0 Å². The van der Waals surface area contributed by atoms with Crippen LogP contribution in [0, 0.1) is 16.7 Å². The molecule has 0 heterocycles. The quantitative estimate of drug-likeness (QED) is 0.0282. The van der Waals surface area contributed by atoms with Crippen LogP contribution < -0.4 is 0 Å². The van der Waals surface area contributed by atoms with Gasteiger partial charge in [-0.15, -0.1) is 9.24 Å². The summed E-state index contributed by atoms with van der Waals surface area (Å²) in [6.45, 7) is 40.5. The summed E-state index contributed by atoms with van der Waals surface area (Å²) < 4.78 is 65.7. The zero-order valence-corrected chi connectivity index (χ0v) is 55.2. The Morgan fingerprint density at radius 3 is 0.962 bits per heavy atom. The van der Waals surface area contributed by atoms with Crippen molar-refractivity contribution >= 4 is 9.24 Å². The summed E-state index contributed by atoms with van der Waals surface area (Å²) in [7, 11) is 2.24. The van der Waals surface area contributed by atoms with E-state index in [-0.39, 0.29) is 129 Å². The first-order valence-corrected chi connectivity index (χ1v) is 31.0. The summed E-state index contributed by atoms with van der Waals surface area (Å²) >= 11 is 0. The lowest BCUT2D eigenvalue weighted by Crippen LogP contribution is -2.37. The van der Waals surface area contributed by atoms with Crippen LogP contribution in [0.3, 0.4) is 0 Å². The number of hydrogen-bond donors (Lipinski definition) is 7. The van der Waals surface area contributed by atoms with E-state index in [1.165, 1.54) is 12.8 Å². The van der Waals surface area contributed by atoms with Gasteiger partial charge in [-0.3, -0.25) is 0 Å². The van der Waals surface area contributed by atoms with Crippen molar-refractivity contribution in [1.82, 2.24) is 0 Å². The molecule has 19 heteroatoms. The zero-order chi connectivity index (χ0) is 61.7. The first kappa shape index (κ1) is 87.5. The van der Waals surface area contributed by atoms with E-state index in [1.54, 1.807) is 0 Å². The van der Waals surface area contributed by atoms with Crippen molar-refractivity contribution in [3.63, 3.8) is 0 Å². The maximum atomic E-state index is 10.9. The Balaban J connectivity index is -0.00000170. The van der Waals surface area contributed by atoms with E-state index in [0.717, 1.165) is 6.42 Å². The number of aliphatic hydroxyl groups is 7. The molecule has 0 bridgehead atoms.